The van der Waals surface area contributed by atoms with Gasteiger partial charge in [-0.15, -0.1) is 0 Å². The quantitative estimate of drug-likeness (QED) is 0.633. The molecular formula is C13H15BrO4. The first-order chi connectivity index (χ1) is 8.65. The molecule has 1 heterocycles. The van der Waals surface area contributed by atoms with Crippen molar-refractivity contribution in [1.29, 1.82) is 0 Å². The zero-order valence-electron chi connectivity index (χ0n) is 10.4. The molecule has 1 aliphatic rings. The SMILES string of the molecule is COc1ccc([C@@]2(CBr)CCC(=O)O2)cc1OC. The number of halogens is 1. The van der Waals surface area contributed by atoms with Gasteiger partial charge in [-0.1, -0.05) is 22.0 Å². The van der Waals surface area contributed by atoms with Gasteiger partial charge in [-0.3, -0.25) is 4.79 Å². The predicted molar refractivity (Wildman–Crippen MR) is 70.3 cm³/mol. The lowest BCUT2D eigenvalue weighted by atomic mass is 9.92. The van der Waals surface area contributed by atoms with E-state index >= 15 is 0 Å². The van der Waals surface area contributed by atoms with E-state index in [1.165, 1.54) is 0 Å². The van der Waals surface area contributed by atoms with E-state index in [1.54, 1.807) is 14.2 Å². The summed E-state index contributed by atoms with van der Waals surface area (Å²) < 4.78 is 15.9. The van der Waals surface area contributed by atoms with Crippen LogP contribution in [0.25, 0.3) is 0 Å². The molecular weight excluding hydrogens is 300 g/mol. The summed E-state index contributed by atoms with van der Waals surface area (Å²) in [6.45, 7) is 0. The lowest BCUT2D eigenvalue weighted by Gasteiger charge is -2.26. The van der Waals surface area contributed by atoms with E-state index in [0.29, 0.717) is 29.7 Å². The Labute approximate surface area is 114 Å². The second kappa shape index (κ2) is 5.18. The van der Waals surface area contributed by atoms with Crippen molar-refractivity contribution in [3.8, 4) is 11.5 Å². The van der Waals surface area contributed by atoms with E-state index in [-0.39, 0.29) is 5.97 Å². The number of carbonyl (C=O) groups excluding carboxylic acids is 1. The minimum Gasteiger partial charge on any atom is -0.493 e. The minimum absolute atomic E-state index is 0.163. The van der Waals surface area contributed by atoms with Gasteiger partial charge in [0.05, 0.1) is 14.2 Å². The Morgan fingerprint density at radius 1 is 1.33 bits per heavy atom. The average molecular weight is 315 g/mol. The maximum atomic E-state index is 11.4. The van der Waals surface area contributed by atoms with Gasteiger partial charge >= 0.3 is 5.97 Å². The standard InChI is InChI=1S/C13H15BrO4/c1-16-10-4-3-9(7-11(10)17-2)13(8-14)6-5-12(15)18-13/h3-4,7H,5-6,8H2,1-2H3/t13-/m0/s1. The molecule has 0 aliphatic carbocycles. The van der Waals surface area contributed by atoms with Gasteiger partial charge in [-0.2, -0.15) is 0 Å². The summed E-state index contributed by atoms with van der Waals surface area (Å²) in [4.78, 5) is 11.4. The molecule has 2 rings (SSSR count). The number of hydrogen-bond donors (Lipinski definition) is 0. The summed E-state index contributed by atoms with van der Waals surface area (Å²) in [5.74, 6) is 1.14. The molecule has 0 spiro atoms. The highest BCUT2D eigenvalue weighted by Gasteiger charge is 2.41. The Morgan fingerprint density at radius 3 is 2.56 bits per heavy atom. The Morgan fingerprint density at radius 2 is 2.06 bits per heavy atom. The van der Waals surface area contributed by atoms with Gasteiger partial charge in [0.2, 0.25) is 0 Å². The Bertz CT molecular complexity index is 460. The Kier molecular flexibility index (Phi) is 3.80. The highest BCUT2D eigenvalue weighted by Crippen LogP contribution is 2.41. The van der Waals surface area contributed by atoms with Crippen molar-refractivity contribution in [3.63, 3.8) is 0 Å². The van der Waals surface area contributed by atoms with Crippen LogP contribution in [0.3, 0.4) is 0 Å². The van der Waals surface area contributed by atoms with Crippen LogP contribution in [0, 0.1) is 0 Å². The van der Waals surface area contributed by atoms with Gasteiger partial charge in [0.1, 0.15) is 5.60 Å². The molecule has 0 radical (unpaired) electrons. The van der Waals surface area contributed by atoms with E-state index in [2.05, 4.69) is 15.9 Å². The molecule has 1 aromatic carbocycles. The predicted octanol–water partition coefficient (Wildman–Crippen LogP) is 2.63. The maximum absolute atomic E-state index is 11.4. The fraction of sp³-hybridized carbons (Fsp3) is 0.462. The maximum Gasteiger partial charge on any atom is 0.306 e. The first kappa shape index (κ1) is 13.2. The lowest BCUT2D eigenvalue weighted by Crippen LogP contribution is -2.27. The Balaban J connectivity index is 2.40. The van der Waals surface area contributed by atoms with E-state index < -0.39 is 5.60 Å². The summed E-state index contributed by atoms with van der Waals surface area (Å²) in [6.07, 6.45) is 1.12. The Hall–Kier alpha value is -1.23. The monoisotopic (exact) mass is 314 g/mol. The molecule has 4 nitrogen and oxygen atoms in total. The largest absolute Gasteiger partial charge is 0.493 e. The number of alkyl halides is 1. The number of methoxy groups -OCH3 is 2. The van der Waals surface area contributed by atoms with E-state index in [0.717, 1.165) is 5.56 Å². The first-order valence-corrected chi connectivity index (χ1v) is 6.77. The molecule has 98 valence electrons. The molecule has 0 N–H and O–H groups in total. The molecule has 1 fully saturated rings. The van der Waals surface area contributed by atoms with Gasteiger partial charge < -0.3 is 14.2 Å². The van der Waals surface area contributed by atoms with Gasteiger partial charge in [0, 0.05) is 23.7 Å². The number of hydrogen-bond acceptors (Lipinski definition) is 4. The van der Waals surface area contributed by atoms with E-state index in [1.807, 2.05) is 18.2 Å². The third kappa shape index (κ3) is 2.19. The lowest BCUT2D eigenvalue weighted by molar-refractivity contribution is -0.147. The second-order valence-corrected chi connectivity index (χ2v) is 4.73. The van der Waals surface area contributed by atoms with Crippen LogP contribution in [0.4, 0.5) is 0 Å². The van der Waals surface area contributed by atoms with Gasteiger partial charge in [-0.05, 0) is 12.1 Å². The van der Waals surface area contributed by atoms with Crippen LogP contribution in [0.5, 0.6) is 11.5 Å². The van der Waals surface area contributed by atoms with Crippen molar-refractivity contribution in [3.05, 3.63) is 23.8 Å². The summed E-state index contributed by atoms with van der Waals surface area (Å²) >= 11 is 3.43. The molecule has 0 amide bonds. The minimum atomic E-state index is -0.587. The van der Waals surface area contributed by atoms with Gasteiger partial charge in [0.25, 0.3) is 0 Å². The zero-order valence-corrected chi connectivity index (χ0v) is 12.0. The summed E-state index contributed by atoms with van der Waals surface area (Å²) in [5.41, 5.74) is 0.333. The number of esters is 1. The molecule has 5 heteroatoms. The fourth-order valence-corrected chi connectivity index (χ4v) is 2.84. The molecule has 0 unspecified atom stereocenters. The third-order valence-corrected chi connectivity index (χ3v) is 4.07. The van der Waals surface area contributed by atoms with Crippen LogP contribution in [0.2, 0.25) is 0 Å². The second-order valence-electron chi connectivity index (χ2n) is 4.17. The number of benzene rings is 1. The summed E-state index contributed by atoms with van der Waals surface area (Å²) in [5, 5.41) is 0.571. The van der Waals surface area contributed by atoms with Crippen LogP contribution in [-0.2, 0) is 15.1 Å². The third-order valence-electron chi connectivity index (χ3n) is 3.17. The molecule has 1 aromatic rings. The highest BCUT2D eigenvalue weighted by atomic mass is 79.9. The van der Waals surface area contributed by atoms with Crippen molar-refractivity contribution in [2.75, 3.05) is 19.5 Å². The fourth-order valence-electron chi connectivity index (χ4n) is 2.12. The van der Waals surface area contributed by atoms with Crippen LogP contribution in [-0.4, -0.2) is 25.5 Å². The van der Waals surface area contributed by atoms with Crippen LogP contribution < -0.4 is 9.47 Å². The molecule has 1 saturated heterocycles. The van der Waals surface area contributed by atoms with Crippen LogP contribution >= 0.6 is 15.9 Å². The van der Waals surface area contributed by atoms with Crippen molar-refractivity contribution < 1.29 is 19.0 Å². The summed E-state index contributed by atoms with van der Waals surface area (Å²) in [6, 6.07) is 5.59. The number of cyclic esters (lactones) is 1. The molecule has 1 atom stereocenters. The highest BCUT2D eigenvalue weighted by molar-refractivity contribution is 9.09. The van der Waals surface area contributed by atoms with Crippen LogP contribution in [0.1, 0.15) is 18.4 Å². The molecule has 18 heavy (non-hydrogen) atoms. The van der Waals surface area contributed by atoms with Gasteiger partial charge in [0.15, 0.2) is 11.5 Å². The number of ether oxygens (including phenoxy) is 3. The average Bonchev–Trinajstić information content (AvgIpc) is 2.80. The van der Waals surface area contributed by atoms with Crippen molar-refractivity contribution in [1.82, 2.24) is 0 Å². The van der Waals surface area contributed by atoms with E-state index in [4.69, 9.17) is 14.2 Å². The molecule has 0 aromatic heterocycles. The van der Waals surface area contributed by atoms with Gasteiger partial charge in [-0.25, -0.2) is 0 Å². The van der Waals surface area contributed by atoms with Crippen molar-refractivity contribution >= 4 is 21.9 Å². The normalized spacial score (nSPS) is 22.7. The number of rotatable bonds is 4. The summed E-state index contributed by atoms with van der Waals surface area (Å²) in [7, 11) is 3.18. The molecule has 1 aliphatic heterocycles. The topological polar surface area (TPSA) is 44.8 Å². The first-order valence-electron chi connectivity index (χ1n) is 5.65. The van der Waals surface area contributed by atoms with Crippen LogP contribution in [0.15, 0.2) is 18.2 Å². The molecule has 0 saturated carbocycles. The number of carbonyl (C=O) groups is 1. The molecule has 0 bridgehead atoms. The van der Waals surface area contributed by atoms with Crippen molar-refractivity contribution in [2.24, 2.45) is 0 Å². The van der Waals surface area contributed by atoms with E-state index in [9.17, 15) is 4.79 Å². The van der Waals surface area contributed by atoms with Crippen molar-refractivity contribution in [2.45, 2.75) is 18.4 Å². The zero-order chi connectivity index (χ0) is 13.2. The smallest absolute Gasteiger partial charge is 0.306 e.